The zero-order valence-corrected chi connectivity index (χ0v) is 12.5. The van der Waals surface area contributed by atoms with E-state index in [9.17, 15) is 14.4 Å². The predicted molar refractivity (Wildman–Crippen MR) is 76.0 cm³/mol. The highest BCUT2D eigenvalue weighted by Crippen LogP contribution is 2.24. The summed E-state index contributed by atoms with van der Waals surface area (Å²) in [6, 6.07) is 5.04. The topological polar surface area (TPSA) is 75.7 Å². The van der Waals surface area contributed by atoms with Crippen LogP contribution < -0.4 is 10.1 Å². The minimum atomic E-state index is -1.08. The number of benzene rings is 1. The summed E-state index contributed by atoms with van der Waals surface area (Å²) in [4.78, 5) is 37.3. The van der Waals surface area contributed by atoms with E-state index in [2.05, 4.69) is 5.32 Å². The molecular formula is C15H18N2O4. The van der Waals surface area contributed by atoms with E-state index in [1.165, 1.54) is 12.0 Å². The van der Waals surface area contributed by atoms with Crippen LogP contribution in [0, 0.1) is 6.92 Å². The Hall–Kier alpha value is -2.37. The van der Waals surface area contributed by atoms with Crippen LogP contribution >= 0.6 is 0 Å². The quantitative estimate of drug-likeness (QED) is 0.820. The van der Waals surface area contributed by atoms with E-state index in [0.29, 0.717) is 11.3 Å². The average Bonchev–Trinajstić information content (AvgIpc) is 2.43. The Morgan fingerprint density at radius 2 is 2.00 bits per heavy atom. The molecule has 0 bridgehead atoms. The van der Waals surface area contributed by atoms with E-state index < -0.39 is 17.4 Å². The molecule has 1 saturated heterocycles. The first kappa shape index (κ1) is 15.0. The van der Waals surface area contributed by atoms with Gasteiger partial charge in [0.25, 0.3) is 11.8 Å². The Morgan fingerprint density at radius 1 is 1.33 bits per heavy atom. The first-order valence-corrected chi connectivity index (χ1v) is 6.58. The summed E-state index contributed by atoms with van der Waals surface area (Å²) in [5.41, 5.74) is 0.206. The van der Waals surface area contributed by atoms with Gasteiger partial charge < -0.3 is 9.64 Å². The molecule has 112 valence electrons. The van der Waals surface area contributed by atoms with Gasteiger partial charge in [-0.3, -0.25) is 19.7 Å². The van der Waals surface area contributed by atoms with Crippen LogP contribution in [0.3, 0.4) is 0 Å². The SMILES string of the molecule is COc1cc(C(=O)N2CC(=O)NC(=O)C2(C)C)ccc1C. The normalized spacial score (nSPS) is 17.4. The Balaban J connectivity index is 2.38. The fraction of sp³-hybridized carbons (Fsp3) is 0.400. The molecule has 0 spiro atoms. The van der Waals surface area contributed by atoms with Crippen LogP contribution in [0.2, 0.25) is 0 Å². The maximum absolute atomic E-state index is 12.6. The zero-order chi connectivity index (χ0) is 15.8. The number of hydrogen-bond acceptors (Lipinski definition) is 4. The van der Waals surface area contributed by atoms with Gasteiger partial charge in [-0.2, -0.15) is 0 Å². The Morgan fingerprint density at radius 3 is 2.62 bits per heavy atom. The predicted octanol–water partition coefficient (Wildman–Crippen LogP) is 0.881. The van der Waals surface area contributed by atoms with E-state index in [1.54, 1.807) is 32.0 Å². The molecule has 0 aromatic heterocycles. The fourth-order valence-electron chi connectivity index (χ4n) is 2.22. The molecule has 0 atom stereocenters. The smallest absolute Gasteiger partial charge is 0.255 e. The number of ether oxygens (including phenoxy) is 1. The van der Waals surface area contributed by atoms with Crippen LogP contribution in [-0.2, 0) is 9.59 Å². The molecule has 1 N–H and O–H groups in total. The van der Waals surface area contributed by atoms with Crippen LogP contribution in [0.15, 0.2) is 18.2 Å². The number of piperazine rings is 1. The maximum Gasteiger partial charge on any atom is 0.255 e. The second kappa shape index (κ2) is 5.20. The van der Waals surface area contributed by atoms with Crippen LogP contribution in [0.1, 0.15) is 29.8 Å². The second-order valence-electron chi connectivity index (χ2n) is 5.51. The summed E-state index contributed by atoms with van der Waals surface area (Å²) in [5, 5.41) is 2.24. The summed E-state index contributed by atoms with van der Waals surface area (Å²) >= 11 is 0. The van der Waals surface area contributed by atoms with Gasteiger partial charge in [0.15, 0.2) is 0 Å². The fourth-order valence-corrected chi connectivity index (χ4v) is 2.22. The lowest BCUT2D eigenvalue weighted by molar-refractivity contribution is -0.143. The molecule has 3 amide bonds. The van der Waals surface area contributed by atoms with Crippen molar-refractivity contribution in [1.29, 1.82) is 0 Å². The van der Waals surface area contributed by atoms with Crippen LogP contribution in [-0.4, -0.2) is 41.8 Å². The van der Waals surface area contributed by atoms with Gasteiger partial charge in [-0.25, -0.2) is 0 Å². The van der Waals surface area contributed by atoms with Gasteiger partial charge in [0, 0.05) is 5.56 Å². The Bertz CT molecular complexity index is 622. The molecule has 2 rings (SSSR count). The lowest BCUT2D eigenvalue weighted by Gasteiger charge is -2.40. The molecule has 1 heterocycles. The molecule has 1 aliphatic heterocycles. The average molecular weight is 290 g/mol. The lowest BCUT2D eigenvalue weighted by atomic mass is 9.97. The van der Waals surface area contributed by atoms with E-state index in [1.807, 2.05) is 6.92 Å². The molecule has 0 unspecified atom stereocenters. The van der Waals surface area contributed by atoms with E-state index in [0.717, 1.165) is 5.56 Å². The number of methoxy groups -OCH3 is 1. The number of nitrogens with one attached hydrogen (secondary N) is 1. The molecule has 0 radical (unpaired) electrons. The first-order valence-electron chi connectivity index (χ1n) is 6.58. The standard InChI is InChI=1S/C15H18N2O4/c1-9-5-6-10(7-11(9)21-4)13(19)17-8-12(18)16-14(20)15(17,2)3/h5-7H,8H2,1-4H3,(H,16,18,20). The number of hydrogen-bond donors (Lipinski definition) is 1. The molecule has 1 aromatic carbocycles. The number of carbonyl (C=O) groups is 3. The van der Waals surface area contributed by atoms with Crippen LogP contribution in [0.25, 0.3) is 0 Å². The highest BCUT2D eigenvalue weighted by molar-refractivity contribution is 6.08. The molecule has 0 saturated carbocycles. The lowest BCUT2D eigenvalue weighted by Crippen LogP contribution is -2.65. The number of amides is 3. The number of carbonyl (C=O) groups excluding carboxylic acids is 3. The number of aryl methyl sites for hydroxylation is 1. The summed E-state index contributed by atoms with van der Waals surface area (Å²) in [6.07, 6.45) is 0. The minimum Gasteiger partial charge on any atom is -0.496 e. The van der Waals surface area contributed by atoms with Crippen molar-refractivity contribution >= 4 is 17.7 Å². The molecule has 0 aliphatic carbocycles. The van der Waals surface area contributed by atoms with Gasteiger partial charge >= 0.3 is 0 Å². The van der Waals surface area contributed by atoms with Crippen molar-refractivity contribution in [3.63, 3.8) is 0 Å². The molecule has 1 aromatic rings. The number of nitrogens with zero attached hydrogens (tertiary/aromatic N) is 1. The Labute approximate surface area is 123 Å². The highest BCUT2D eigenvalue weighted by atomic mass is 16.5. The van der Waals surface area contributed by atoms with Crippen LogP contribution in [0.5, 0.6) is 5.75 Å². The summed E-state index contributed by atoms with van der Waals surface area (Å²) in [5.74, 6) is -0.745. The third-order valence-electron chi connectivity index (χ3n) is 3.69. The molecule has 1 aliphatic rings. The summed E-state index contributed by atoms with van der Waals surface area (Å²) in [6.45, 7) is 4.94. The molecule has 1 fully saturated rings. The van der Waals surface area contributed by atoms with Crippen molar-refractivity contribution in [2.45, 2.75) is 26.3 Å². The minimum absolute atomic E-state index is 0.145. The maximum atomic E-state index is 12.6. The van der Waals surface area contributed by atoms with Gasteiger partial charge in [0.2, 0.25) is 5.91 Å². The third kappa shape index (κ3) is 2.61. The molecular weight excluding hydrogens is 272 g/mol. The van der Waals surface area contributed by atoms with Gasteiger partial charge in [0.05, 0.1) is 7.11 Å². The van der Waals surface area contributed by atoms with Crippen molar-refractivity contribution < 1.29 is 19.1 Å². The summed E-state index contributed by atoms with van der Waals surface area (Å²) in [7, 11) is 1.53. The third-order valence-corrected chi connectivity index (χ3v) is 3.69. The van der Waals surface area contributed by atoms with E-state index in [-0.39, 0.29) is 12.5 Å². The van der Waals surface area contributed by atoms with Gasteiger partial charge in [-0.1, -0.05) is 6.07 Å². The number of rotatable bonds is 2. The monoisotopic (exact) mass is 290 g/mol. The van der Waals surface area contributed by atoms with Crippen LogP contribution in [0.4, 0.5) is 0 Å². The van der Waals surface area contributed by atoms with Crippen molar-refractivity contribution in [2.75, 3.05) is 13.7 Å². The van der Waals surface area contributed by atoms with Gasteiger partial charge in [0.1, 0.15) is 17.8 Å². The largest absolute Gasteiger partial charge is 0.496 e. The highest BCUT2D eigenvalue weighted by Gasteiger charge is 2.43. The molecule has 6 heteroatoms. The first-order chi connectivity index (χ1) is 9.77. The van der Waals surface area contributed by atoms with Crippen molar-refractivity contribution in [3.05, 3.63) is 29.3 Å². The van der Waals surface area contributed by atoms with Crippen molar-refractivity contribution in [2.24, 2.45) is 0 Å². The second-order valence-corrected chi connectivity index (χ2v) is 5.51. The van der Waals surface area contributed by atoms with Crippen molar-refractivity contribution in [1.82, 2.24) is 10.2 Å². The van der Waals surface area contributed by atoms with Gasteiger partial charge in [-0.05, 0) is 38.5 Å². The van der Waals surface area contributed by atoms with Gasteiger partial charge in [-0.15, -0.1) is 0 Å². The van der Waals surface area contributed by atoms with E-state index >= 15 is 0 Å². The summed E-state index contributed by atoms with van der Waals surface area (Å²) < 4.78 is 5.20. The Kier molecular flexibility index (Phi) is 3.72. The zero-order valence-electron chi connectivity index (χ0n) is 12.5. The van der Waals surface area contributed by atoms with Crippen molar-refractivity contribution in [3.8, 4) is 5.75 Å². The molecule has 6 nitrogen and oxygen atoms in total. The molecule has 21 heavy (non-hydrogen) atoms. The number of imide groups is 1. The van der Waals surface area contributed by atoms with E-state index in [4.69, 9.17) is 4.74 Å².